The molecule has 2 nitrogen and oxygen atoms in total. The van der Waals surface area contributed by atoms with Crippen LogP contribution in [-0.2, 0) is 0 Å². The molecular weight excluding hydrogens is 174 g/mol. The van der Waals surface area contributed by atoms with Crippen LogP contribution >= 0.6 is 0 Å². The molecule has 0 heterocycles. The molecule has 0 aliphatic heterocycles. The van der Waals surface area contributed by atoms with Gasteiger partial charge in [-0.05, 0) is 31.7 Å². The Balaban J connectivity index is 2.06. The van der Waals surface area contributed by atoms with Gasteiger partial charge in [-0.15, -0.1) is 0 Å². The van der Waals surface area contributed by atoms with E-state index in [2.05, 4.69) is 5.32 Å². The molecule has 0 amide bonds. The third kappa shape index (κ3) is 4.52. The van der Waals surface area contributed by atoms with Crippen molar-refractivity contribution in [1.29, 1.82) is 0 Å². The van der Waals surface area contributed by atoms with Crippen LogP contribution in [0.1, 0.15) is 25.7 Å². The third-order valence-corrected chi connectivity index (χ3v) is 2.56. The second-order valence-corrected chi connectivity index (χ2v) is 3.84. The predicted octanol–water partition coefficient (Wildman–Crippen LogP) is 1.36. The Hall–Kier alpha value is -0.220. The lowest BCUT2D eigenvalue weighted by atomic mass is 9.86. The van der Waals surface area contributed by atoms with Gasteiger partial charge in [0.15, 0.2) is 0 Å². The van der Waals surface area contributed by atoms with Gasteiger partial charge in [-0.2, -0.15) is 0 Å². The maximum atomic E-state index is 11.8. The minimum absolute atomic E-state index is 0.189. The average Bonchev–Trinajstić information content (AvgIpc) is 2.03. The van der Waals surface area contributed by atoms with E-state index in [4.69, 9.17) is 5.73 Å². The molecule has 0 aromatic rings. The Morgan fingerprint density at radius 3 is 2.77 bits per heavy atom. The van der Waals surface area contributed by atoms with Crippen molar-refractivity contribution in [3.8, 4) is 0 Å². The van der Waals surface area contributed by atoms with E-state index in [1.807, 2.05) is 0 Å². The van der Waals surface area contributed by atoms with E-state index < -0.39 is 6.43 Å². The minimum Gasteiger partial charge on any atom is -0.328 e. The van der Waals surface area contributed by atoms with Crippen molar-refractivity contribution in [2.24, 2.45) is 11.7 Å². The number of nitrogens with two attached hydrogens (primary N) is 1. The lowest BCUT2D eigenvalue weighted by Gasteiger charge is -2.26. The van der Waals surface area contributed by atoms with Crippen LogP contribution < -0.4 is 11.1 Å². The molecule has 0 spiro atoms. The van der Waals surface area contributed by atoms with Crippen molar-refractivity contribution in [3.05, 3.63) is 0 Å². The molecule has 13 heavy (non-hydrogen) atoms. The fourth-order valence-electron chi connectivity index (χ4n) is 1.91. The van der Waals surface area contributed by atoms with Crippen molar-refractivity contribution in [3.63, 3.8) is 0 Å². The highest BCUT2D eigenvalue weighted by atomic mass is 19.3. The van der Waals surface area contributed by atoms with Gasteiger partial charge in [0.25, 0.3) is 6.43 Å². The van der Waals surface area contributed by atoms with Crippen LogP contribution in [0.2, 0.25) is 0 Å². The van der Waals surface area contributed by atoms with Crippen molar-refractivity contribution >= 4 is 0 Å². The van der Waals surface area contributed by atoms with Gasteiger partial charge in [0, 0.05) is 6.04 Å². The summed E-state index contributed by atoms with van der Waals surface area (Å²) in [6.45, 7) is 0.504. The van der Waals surface area contributed by atoms with Crippen LogP contribution in [-0.4, -0.2) is 25.6 Å². The fraction of sp³-hybridized carbons (Fsp3) is 1.00. The lowest BCUT2D eigenvalue weighted by Crippen LogP contribution is -2.34. The highest BCUT2D eigenvalue weighted by Crippen LogP contribution is 2.22. The van der Waals surface area contributed by atoms with Crippen LogP contribution in [0.15, 0.2) is 0 Å². The number of nitrogens with one attached hydrogen (secondary N) is 1. The predicted molar refractivity (Wildman–Crippen MR) is 48.8 cm³/mol. The van der Waals surface area contributed by atoms with Crippen LogP contribution in [0.4, 0.5) is 8.78 Å². The van der Waals surface area contributed by atoms with E-state index in [0.717, 1.165) is 25.7 Å². The van der Waals surface area contributed by atoms with Gasteiger partial charge < -0.3 is 11.1 Å². The van der Waals surface area contributed by atoms with Gasteiger partial charge in [0.2, 0.25) is 0 Å². The largest absolute Gasteiger partial charge is 0.328 e. The Morgan fingerprint density at radius 2 is 2.15 bits per heavy atom. The summed E-state index contributed by atoms with van der Waals surface area (Å²) in [5.74, 6) is 0.502. The van der Waals surface area contributed by atoms with Crippen molar-refractivity contribution in [2.45, 2.75) is 38.2 Å². The van der Waals surface area contributed by atoms with E-state index in [1.165, 1.54) is 0 Å². The molecule has 1 aliphatic carbocycles. The maximum Gasteiger partial charge on any atom is 0.250 e. The van der Waals surface area contributed by atoms with Crippen LogP contribution in [0.5, 0.6) is 0 Å². The summed E-state index contributed by atoms with van der Waals surface area (Å²) < 4.78 is 23.6. The molecule has 1 aliphatic rings. The average molecular weight is 192 g/mol. The standard InChI is InChI=1S/C9H18F2N2/c10-9(11)6-13-5-7-2-1-3-8(12)4-7/h7-9,13H,1-6,12H2. The molecule has 3 N–H and O–H groups in total. The Kier molecular flexibility index (Phi) is 4.59. The lowest BCUT2D eigenvalue weighted by molar-refractivity contribution is 0.142. The Morgan fingerprint density at radius 1 is 1.38 bits per heavy atom. The summed E-state index contributed by atoms with van der Waals surface area (Å²) in [7, 11) is 0. The molecule has 4 heteroatoms. The molecule has 78 valence electrons. The second kappa shape index (κ2) is 5.50. The smallest absolute Gasteiger partial charge is 0.250 e. The molecule has 2 unspecified atom stereocenters. The first-order valence-corrected chi connectivity index (χ1v) is 4.93. The van der Waals surface area contributed by atoms with Crippen LogP contribution in [0, 0.1) is 5.92 Å². The van der Waals surface area contributed by atoms with Gasteiger partial charge >= 0.3 is 0 Å². The monoisotopic (exact) mass is 192 g/mol. The molecule has 1 rings (SSSR count). The Bertz CT molecular complexity index is 142. The first-order chi connectivity index (χ1) is 6.18. The molecule has 0 radical (unpaired) electrons. The minimum atomic E-state index is -2.24. The molecule has 0 aromatic carbocycles. The summed E-state index contributed by atoms with van der Waals surface area (Å²) in [5, 5.41) is 2.77. The van der Waals surface area contributed by atoms with Crippen molar-refractivity contribution < 1.29 is 8.78 Å². The zero-order valence-electron chi connectivity index (χ0n) is 7.81. The molecule has 1 saturated carbocycles. The molecule has 0 bridgehead atoms. The van der Waals surface area contributed by atoms with Crippen molar-refractivity contribution in [2.75, 3.05) is 13.1 Å². The summed E-state index contributed by atoms with van der Waals surface area (Å²) >= 11 is 0. The van der Waals surface area contributed by atoms with Gasteiger partial charge in [-0.1, -0.05) is 6.42 Å². The summed E-state index contributed by atoms with van der Waals surface area (Å²) in [6.07, 6.45) is 2.10. The first kappa shape index (κ1) is 10.9. The molecule has 1 fully saturated rings. The Labute approximate surface area is 77.9 Å². The van der Waals surface area contributed by atoms with Gasteiger partial charge in [-0.25, -0.2) is 8.78 Å². The summed E-state index contributed by atoms with van der Waals surface area (Å²) in [4.78, 5) is 0. The highest BCUT2D eigenvalue weighted by Gasteiger charge is 2.18. The third-order valence-electron chi connectivity index (χ3n) is 2.56. The number of halogens is 2. The zero-order chi connectivity index (χ0) is 9.68. The number of hydrogen-bond donors (Lipinski definition) is 2. The molecule has 2 atom stereocenters. The SMILES string of the molecule is NC1CCCC(CNCC(F)F)C1. The van der Waals surface area contributed by atoms with E-state index >= 15 is 0 Å². The topological polar surface area (TPSA) is 38.0 Å². The normalized spacial score (nSPS) is 29.5. The van der Waals surface area contributed by atoms with E-state index in [1.54, 1.807) is 0 Å². The van der Waals surface area contributed by atoms with Gasteiger partial charge in [-0.3, -0.25) is 0 Å². The van der Waals surface area contributed by atoms with Crippen LogP contribution in [0.25, 0.3) is 0 Å². The van der Waals surface area contributed by atoms with Gasteiger partial charge in [0.1, 0.15) is 0 Å². The van der Waals surface area contributed by atoms with Crippen LogP contribution in [0.3, 0.4) is 0 Å². The number of hydrogen-bond acceptors (Lipinski definition) is 2. The first-order valence-electron chi connectivity index (χ1n) is 4.93. The second-order valence-electron chi connectivity index (χ2n) is 3.84. The van der Waals surface area contributed by atoms with Crippen molar-refractivity contribution in [1.82, 2.24) is 5.32 Å². The fourth-order valence-corrected chi connectivity index (χ4v) is 1.91. The highest BCUT2D eigenvalue weighted by molar-refractivity contribution is 4.76. The van der Waals surface area contributed by atoms with E-state index in [0.29, 0.717) is 12.5 Å². The van der Waals surface area contributed by atoms with E-state index in [-0.39, 0.29) is 12.6 Å². The number of rotatable bonds is 4. The summed E-state index contributed by atoms with van der Waals surface area (Å²) in [6, 6.07) is 0.284. The molecule has 0 saturated heterocycles. The molecule has 0 aromatic heterocycles. The molecular formula is C9H18F2N2. The quantitative estimate of drug-likeness (QED) is 0.705. The van der Waals surface area contributed by atoms with E-state index in [9.17, 15) is 8.78 Å². The zero-order valence-corrected chi connectivity index (χ0v) is 7.81. The maximum absolute atomic E-state index is 11.8. The summed E-state index contributed by atoms with van der Waals surface area (Å²) in [5.41, 5.74) is 5.78. The van der Waals surface area contributed by atoms with Gasteiger partial charge in [0.05, 0.1) is 6.54 Å². The number of alkyl halides is 2.